The molecule has 2 heterocycles. The highest BCUT2D eigenvalue weighted by molar-refractivity contribution is 5.41. The first-order chi connectivity index (χ1) is 13.0. The molecule has 0 radical (unpaired) electrons. The Balaban J connectivity index is 1.76. The lowest BCUT2D eigenvalue weighted by molar-refractivity contribution is -0.137. The molecule has 3 atom stereocenters. The van der Waals surface area contributed by atoms with E-state index in [2.05, 4.69) is 10.3 Å². The van der Waals surface area contributed by atoms with Gasteiger partial charge >= 0.3 is 6.18 Å². The molecular formula is C20H18F3N3O. The van der Waals surface area contributed by atoms with Crippen LogP contribution in [0, 0.1) is 5.92 Å². The summed E-state index contributed by atoms with van der Waals surface area (Å²) >= 11 is 0. The Morgan fingerprint density at radius 3 is 2.33 bits per heavy atom. The molecule has 0 spiro atoms. The molecule has 0 fully saturated rings. The molecule has 1 aliphatic rings. The summed E-state index contributed by atoms with van der Waals surface area (Å²) in [5.74, 6) is 0.351. The van der Waals surface area contributed by atoms with E-state index in [0.717, 1.165) is 17.7 Å². The van der Waals surface area contributed by atoms with Gasteiger partial charge < -0.3 is 15.0 Å². The summed E-state index contributed by atoms with van der Waals surface area (Å²) in [4.78, 5) is 4.32. The number of nitrogens with one attached hydrogen (secondary N) is 1. The summed E-state index contributed by atoms with van der Waals surface area (Å²) in [7, 11) is 0. The van der Waals surface area contributed by atoms with E-state index in [9.17, 15) is 18.3 Å². The second-order valence-corrected chi connectivity index (χ2v) is 6.60. The second-order valence-electron chi connectivity index (χ2n) is 6.60. The molecule has 0 unspecified atom stereocenters. The van der Waals surface area contributed by atoms with Crippen LogP contribution in [0.15, 0.2) is 67.0 Å². The van der Waals surface area contributed by atoms with Crippen molar-refractivity contribution in [2.75, 3.05) is 11.9 Å². The fourth-order valence-electron chi connectivity index (χ4n) is 3.76. The van der Waals surface area contributed by atoms with Crippen molar-refractivity contribution in [2.45, 2.75) is 18.3 Å². The Bertz CT molecular complexity index is 906. The number of nitrogens with zero attached hydrogens (tertiary/aromatic N) is 2. The fourth-order valence-corrected chi connectivity index (χ4v) is 3.76. The van der Waals surface area contributed by atoms with E-state index in [0.29, 0.717) is 11.5 Å². The number of rotatable bonds is 3. The van der Waals surface area contributed by atoms with Crippen LogP contribution >= 0.6 is 0 Å². The molecule has 7 heteroatoms. The number of aliphatic hydroxyl groups excluding tert-OH is 1. The van der Waals surface area contributed by atoms with Gasteiger partial charge in [0.1, 0.15) is 0 Å². The monoisotopic (exact) mass is 373 g/mol. The number of hydrogen-bond donors (Lipinski definition) is 2. The van der Waals surface area contributed by atoms with Gasteiger partial charge in [0.2, 0.25) is 5.95 Å². The van der Waals surface area contributed by atoms with E-state index in [1.54, 1.807) is 6.20 Å². The lowest BCUT2D eigenvalue weighted by Crippen LogP contribution is -2.38. The number of halogens is 3. The first-order valence-corrected chi connectivity index (χ1v) is 8.61. The van der Waals surface area contributed by atoms with Crippen molar-refractivity contribution in [1.29, 1.82) is 0 Å². The first kappa shape index (κ1) is 17.6. The highest BCUT2D eigenvalue weighted by Crippen LogP contribution is 2.43. The number of aliphatic hydroxyl groups is 1. The van der Waals surface area contributed by atoms with Crippen LogP contribution in [0.1, 0.15) is 28.8 Å². The van der Waals surface area contributed by atoms with E-state index in [4.69, 9.17) is 0 Å². The van der Waals surface area contributed by atoms with Gasteiger partial charge in [0.05, 0.1) is 24.3 Å². The highest BCUT2D eigenvalue weighted by atomic mass is 19.4. The van der Waals surface area contributed by atoms with Crippen molar-refractivity contribution in [3.05, 3.63) is 83.7 Å². The lowest BCUT2D eigenvalue weighted by atomic mass is 9.82. The molecule has 0 amide bonds. The van der Waals surface area contributed by atoms with Crippen molar-refractivity contribution in [2.24, 2.45) is 5.92 Å². The lowest BCUT2D eigenvalue weighted by Gasteiger charge is -2.40. The summed E-state index contributed by atoms with van der Waals surface area (Å²) in [5, 5.41) is 13.4. The van der Waals surface area contributed by atoms with Crippen LogP contribution in [0.2, 0.25) is 0 Å². The minimum atomic E-state index is -4.38. The Morgan fingerprint density at radius 1 is 1.00 bits per heavy atom. The number of anilines is 1. The van der Waals surface area contributed by atoms with Gasteiger partial charge in [0.25, 0.3) is 0 Å². The standard InChI is InChI=1S/C20H18F3N3O/c21-20(22,23)15-8-6-13(7-9-15)17-16(12-27)18(14-4-2-1-3-5-14)26-11-10-24-19(26)25-17/h1-11,16-18,27H,12H2,(H,24,25)/t16-,17-,18+/m0/s1. The maximum atomic E-state index is 12.9. The normalized spacial score (nSPS) is 22.1. The maximum absolute atomic E-state index is 12.9. The van der Waals surface area contributed by atoms with Crippen LogP contribution in [-0.2, 0) is 6.18 Å². The van der Waals surface area contributed by atoms with Crippen molar-refractivity contribution in [3.8, 4) is 0 Å². The molecule has 4 nitrogen and oxygen atoms in total. The predicted octanol–water partition coefficient (Wildman–Crippen LogP) is 4.27. The van der Waals surface area contributed by atoms with Crippen LogP contribution < -0.4 is 5.32 Å². The predicted molar refractivity (Wildman–Crippen MR) is 95.2 cm³/mol. The third kappa shape index (κ3) is 3.19. The van der Waals surface area contributed by atoms with E-state index in [1.165, 1.54) is 12.1 Å². The summed E-state index contributed by atoms with van der Waals surface area (Å²) in [6, 6.07) is 14.3. The Labute approximate surface area is 154 Å². The molecule has 0 bridgehead atoms. The van der Waals surface area contributed by atoms with Gasteiger partial charge in [0.15, 0.2) is 0 Å². The molecule has 4 rings (SSSR count). The van der Waals surface area contributed by atoms with Gasteiger partial charge in [0, 0.05) is 18.3 Å². The van der Waals surface area contributed by atoms with Gasteiger partial charge in [-0.1, -0.05) is 42.5 Å². The summed E-state index contributed by atoms with van der Waals surface area (Å²) in [6.07, 6.45) is -0.870. The Hall–Kier alpha value is -2.80. The minimum absolute atomic E-state index is 0.129. The molecule has 0 saturated carbocycles. The summed E-state index contributed by atoms with van der Waals surface area (Å²) in [5.41, 5.74) is 0.996. The van der Waals surface area contributed by atoms with Crippen LogP contribution in [0.25, 0.3) is 0 Å². The smallest absolute Gasteiger partial charge is 0.396 e. The molecule has 0 aliphatic carbocycles. The molecular weight excluding hydrogens is 355 g/mol. The maximum Gasteiger partial charge on any atom is 0.416 e. The number of imidazole rings is 1. The van der Waals surface area contributed by atoms with Gasteiger partial charge in [-0.15, -0.1) is 0 Å². The average Bonchev–Trinajstić information content (AvgIpc) is 3.14. The summed E-state index contributed by atoms with van der Waals surface area (Å²) < 4.78 is 40.6. The molecule has 140 valence electrons. The minimum Gasteiger partial charge on any atom is -0.396 e. The second kappa shape index (κ2) is 6.74. The number of alkyl halides is 3. The van der Waals surface area contributed by atoms with Gasteiger partial charge in [-0.3, -0.25) is 0 Å². The van der Waals surface area contributed by atoms with Crippen molar-refractivity contribution >= 4 is 5.95 Å². The van der Waals surface area contributed by atoms with Crippen molar-refractivity contribution in [3.63, 3.8) is 0 Å². The third-order valence-electron chi connectivity index (χ3n) is 5.04. The molecule has 2 aromatic carbocycles. The molecule has 1 aromatic heterocycles. The van der Waals surface area contributed by atoms with E-state index >= 15 is 0 Å². The number of aromatic nitrogens is 2. The van der Waals surface area contributed by atoms with Gasteiger partial charge in [-0.25, -0.2) is 4.98 Å². The van der Waals surface area contributed by atoms with Crippen LogP contribution in [0.4, 0.5) is 19.1 Å². The van der Waals surface area contributed by atoms with E-state index < -0.39 is 11.7 Å². The molecule has 27 heavy (non-hydrogen) atoms. The molecule has 2 N–H and O–H groups in total. The average molecular weight is 373 g/mol. The largest absolute Gasteiger partial charge is 0.416 e. The summed E-state index contributed by atoms with van der Waals surface area (Å²) in [6.45, 7) is -0.129. The Morgan fingerprint density at radius 2 is 1.70 bits per heavy atom. The number of benzene rings is 2. The fraction of sp³-hybridized carbons (Fsp3) is 0.250. The van der Waals surface area contributed by atoms with Crippen LogP contribution in [-0.4, -0.2) is 21.3 Å². The zero-order valence-corrected chi connectivity index (χ0v) is 14.3. The van der Waals surface area contributed by atoms with E-state index in [1.807, 2.05) is 41.1 Å². The van der Waals surface area contributed by atoms with Crippen molar-refractivity contribution < 1.29 is 18.3 Å². The van der Waals surface area contributed by atoms with Gasteiger partial charge in [-0.05, 0) is 23.3 Å². The molecule has 1 aliphatic heterocycles. The molecule has 3 aromatic rings. The quantitative estimate of drug-likeness (QED) is 0.721. The number of hydrogen-bond acceptors (Lipinski definition) is 3. The van der Waals surface area contributed by atoms with Crippen molar-refractivity contribution in [1.82, 2.24) is 9.55 Å². The zero-order chi connectivity index (χ0) is 19.0. The topological polar surface area (TPSA) is 50.1 Å². The van der Waals surface area contributed by atoms with E-state index in [-0.39, 0.29) is 24.6 Å². The molecule has 0 saturated heterocycles. The van der Waals surface area contributed by atoms with Crippen LogP contribution in [0.5, 0.6) is 0 Å². The SMILES string of the molecule is OC[C@@H]1[C@@H](c2ccccc2)n2ccnc2N[C@H]1c1ccc(C(F)(F)F)cc1. The van der Waals surface area contributed by atoms with Gasteiger partial charge in [-0.2, -0.15) is 13.2 Å². The highest BCUT2D eigenvalue weighted by Gasteiger charge is 2.38. The Kier molecular flexibility index (Phi) is 4.39. The third-order valence-corrected chi connectivity index (χ3v) is 5.04. The number of fused-ring (bicyclic) bond motifs is 1. The zero-order valence-electron chi connectivity index (χ0n) is 14.3. The first-order valence-electron chi connectivity index (χ1n) is 8.61. The van der Waals surface area contributed by atoms with Crippen LogP contribution in [0.3, 0.4) is 0 Å².